The summed E-state index contributed by atoms with van der Waals surface area (Å²) in [6, 6.07) is 3.79. The van der Waals surface area contributed by atoms with Gasteiger partial charge in [0.2, 0.25) is 11.8 Å². The molecule has 0 spiro atoms. The second-order valence-corrected chi connectivity index (χ2v) is 5.37. The third-order valence-corrected chi connectivity index (χ3v) is 3.50. The molecular formula is C17H25N5O3. The molecule has 0 atom stereocenters. The van der Waals surface area contributed by atoms with Crippen molar-refractivity contribution in [3.63, 3.8) is 0 Å². The molecule has 2 rings (SSSR count). The lowest BCUT2D eigenvalue weighted by Gasteiger charge is -2.11. The van der Waals surface area contributed by atoms with Crippen molar-refractivity contribution in [2.75, 3.05) is 27.4 Å². The molecular weight excluding hydrogens is 322 g/mol. The normalized spacial score (nSPS) is 11.4. The zero-order valence-corrected chi connectivity index (χ0v) is 15.1. The first kappa shape index (κ1) is 18.7. The summed E-state index contributed by atoms with van der Waals surface area (Å²) in [7, 11) is 3.35. The zero-order chi connectivity index (χ0) is 18.1. The molecule has 0 bridgehead atoms. The van der Waals surface area contributed by atoms with Crippen LogP contribution in [-0.4, -0.2) is 43.3 Å². The number of oxazole rings is 1. The predicted octanol–water partition coefficient (Wildman–Crippen LogP) is 1.58. The van der Waals surface area contributed by atoms with E-state index in [1.165, 1.54) is 0 Å². The van der Waals surface area contributed by atoms with Crippen LogP contribution in [0.1, 0.15) is 22.9 Å². The largest absolute Gasteiger partial charge is 0.475 e. The van der Waals surface area contributed by atoms with Crippen LogP contribution < -0.4 is 15.4 Å². The van der Waals surface area contributed by atoms with E-state index in [-0.39, 0.29) is 0 Å². The number of aryl methyl sites for hydroxylation is 2. The van der Waals surface area contributed by atoms with Gasteiger partial charge in [-0.25, -0.2) is 9.97 Å². The number of nitrogens with zero attached hydrogens (tertiary/aromatic N) is 3. The summed E-state index contributed by atoms with van der Waals surface area (Å²) in [6.45, 7) is 5.90. The van der Waals surface area contributed by atoms with Gasteiger partial charge in [0.05, 0.1) is 18.8 Å². The Morgan fingerprint density at radius 1 is 1.20 bits per heavy atom. The van der Waals surface area contributed by atoms with Crippen LogP contribution >= 0.6 is 0 Å². The number of ether oxygens (including phenoxy) is 2. The van der Waals surface area contributed by atoms with E-state index in [4.69, 9.17) is 13.9 Å². The second kappa shape index (κ2) is 9.63. The molecule has 0 aromatic carbocycles. The van der Waals surface area contributed by atoms with Crippen molar-refractivity contribution < 1.29 is 13.9 Å². The molecule has 0 aliphatic carbocycles. The molecule has 0 amide bonds. The van der Waals surface area contributed by atoms with Gasteiger partial charge in [0, 0.05) is 33.0 Å². The van der Waals surface area contributed by atoms with Crippen molar-refractivity contribution in [1.29, 1.82) is 0 Å². The highest BCUT2D eigenvalue weighted by Gasteiger charge is 2.06. The molecule has 0 saturated heterocycles. The van der Waals surface area contributed by atoms with E-state index in [2.05, 4.69) is 25.6 Å². The van der Waals surface area contributed by atoms with Gasteiger partial charge in [-0.15, -0.1) is 0 Å². The number of aliphatic imine (C=N–C) groups is 1. The third kappa shape index (κ3) is 6.07. The Morgan fingerprint density at radius 3 is 2.60 bits per heavy atom. The standard InChI is InChI=1S/C17H25N5O3/c1-12-13(2)25-16(22-12)11-21-17(18-3)20-10-14-5-6-15(19-9-14)24-8-7-23-4/h5-6,9H,7-8,10-11H2,1-4H3,(H2,18,20,21). The van der Waals surface area contributed by atoms with Crippen LogP contribution in [0.5, 0.6) is 5.88 Å². The number of rotatable bonds is 8. The lowest BCUT2D eigenvalue weighted by Crippen LogP contribution is -2.36. The van der Waals surface area contributed by atoms with E-state index in [0.29, 0.717) is 44.0 Å². The van der Waals surface area contributed by atoms with E-state index in [0.717, 1.165) is 17.0 Å². The quantitative estimate of drug-likeness (QED) is 0.425. The number of pyridine rings is 1. The van der Waals surface area contributed by atoms with Gasteiger partial charge in [-0.2, -0.15) is 0 Å². The van der Waals surface area contributed by atoms with Gasteiger partial charge in [-0.1, -0.05) is 6.07 Å². The fraction of sp³-hybridized carbons (Fsp3) is 0.471. The van der Waals surface area contributed by atoms with E-state index in [9.17, 15) is 0 Å². The molecule has 0 aliphatic heterocycles. The second-order valence-electron chi connectivity index (χ2n) is 5.37. The number of aromatic nitrogens is 2. The van der Waals surface area contributed by atoms with Gasteiger partial charge in [-0.3, -0.25) is 4.99 Å². The van der Waals surface area contributed by atoms with Gasteiger partial charge in [0.1, 0.15) is 12.4 Å². The minimum atomic E-state index is 0.471. The van der Waals surface area contributed by atoms with Gasteiger partial charge in [-0.05, 0) is 19.4 Å². The molecule has 8 nitrogen and oxygen atoms in total. The highest BCUT2D eigenvalue weighted by atomic mass is 16.5. The Labute approximate surface area is 147 Å². The number of guanidine groups is 1. The fourth-order valence-corrected chi connectivity index (χ4v) is 2.01. The summed E-state index contributed by atoms with van der Waals surface area (Å²) in [5, 5.41) is 6.38. The molecule has 25 heavy (non-hydrogen) atoms. The summed E-state index contributed by atoms with van der Waals surface area (Å²) in [5.41, 5.74) is 1.92. The van der Waals surface area contributed by atoms with Gasteiger partial charge >= 0.3 is 0 Å². The third-order valence-electron chi connectivity index (χ3n) is 3.50. The lowest BCUT2D eigenvalue weighted by atomic mass is 10.3. The van der Waals surface area contributed by atoms with E-state index < -0.39 is 0 Å². The first-order valence-electron chi connectivity index (χ1n) is 8.06. The molecule has 0 radical (unpaired) electrons. The van der Waals surface area contributed by atoms with Crippen LogP contribution in [0.3, 0.4) is 0 Å². The maximum Gasteiger partial charge on any atom is 0.214 e. The summed E-state index contributed by atoms with van der Waals surface area (Å²) >= 11 is 0. The molecule has 0 saturated carbocycles. The lowest BCUT2D eigenvalue weighted by molar-refractivity contribution is 0.143. The minimum absolute atomic E-state index is 0.471. The van der Waals surface area contributed by atoms with Gasteiger partial charge in [0.15, 0.2) is 5.96 Å². The Balaban J connectivity index is 1.78. The Bertz CT molecular complexity index is 663. The van der Waals surface area contributed by atoms with Gasteiger partial charge in [0.25, 0.3) is 0 Å². The summed E-state index contributed by atoms with van der Waals surface area (Å²) in [5.74, 6) is 2.71. The summed E-state index contributed by atoms with van der Waals surface area (Å²) in [4.78, 5) is 12.8. The van der Waals surface area contributed by atoms with Crippen LogP contribution in [0, 0.1) is 13.8 Å². The maximum atomic E-state index is 5.54. The number of methoxy groups -OCH3 is 1. The van der Waals surface area contributed by atoms with Crippen molar-refractivity contribution in [2.45, 2.75) is 26.9 Å². The van der Waals surface area contributed by atoms with E-state index in [1.807, 2.05) is 26.0 Å². The average Bonchev–Trinajstić information content (AvgIpc) is 2.94. The minimum Gasteiger partial charge on any atom is -0.475 e. The highest BCUT2D eigenvalue weighted by molar-refractivity contribution is 5.79. The van der Waals surface area contributed by atoms with Crippen molar-refractivity contribution >= 4 is 5.96 Å². The van der Waals surface area contributed by atoms with Crippen molar-refractivity contribution in [1.82, 2.24) is 20.6 Å². The number of hydrogen-bond acceptors (Lipinski definition) is 6. The molecule has 0 aliphatic rings. The van der Waals surface area contributed by atoms with E-state index in [1.54, 1.807) is 20.4 Å². The van der Waals surface area contributed by atoms with Crippen LogP contribution in [0.25, 0.3) is 0 Å². The number of hydrogen-bond donors (Lipinski definition) is 2. The zero-order valence-electron chi connectivity index (χ0n) is 15.1. The van der Waals surface area contributed by atoms with Gasteiger partial charge < -0.3 is 24.5 Å². The summed E-state index contributed by atoms with van der Waals surface area (Å²) in [6.07, 6.45) is 1.77. The molecule has 2 N–H and O–H groups in total. The van der Waals surface area contributed by atoms with Crippen molar-refractivity contribution in [3.05, 3.63) is 41.2 Å². The van der Waals surface area contributed by atoms with E-state index >= 15 is 0 Å². The van der Waals surface area contributed by atoms with Crippen LogP contribution in [0.4, 0.5) is 0 Å². The van der Waals surface area contributed by atoms with Crippen LogP contribution in [0.2, 0.25) is 0 Å². The Morgan fingerprint density at radius 2 is 2.00 bits per heavy atom. The highest BCUT2D eigenvalue weighted by Crippen LogP contribution is 2.08. The topological polar surface area (TPSA) is 93.8 Å². The summed E-state index contributed by atoms with van der Waals surface area (Å²) < 4.78 is 15.9. The first-order chi connectivity index (χ1) is 12.1. The van der Waals surface area contributed by atoms with Crippen molar-refractivity contribution in [3.8, 4) is 5.88 Å². The smallest absolute Gasteiger partial charge is 0.214 e. The molecule has 0 fully saturated rings. The fourth-order valence-electron chi connectivity index (χ4n) is 2.01. The SMILES string of the molecule is CN=C(NCc1ccc(OCCOC)nc1)NCc1nc(C)c(C)o1. The molecule has 2 aromatic rings. The first-order valence-corrected chi connectivity index (χ1v) is 8.06. The maximum absolute atomic E-state index is 5.54. The van der Waals surface area contributed by atoms with Crippen molar-refractivity contribution in [2.24, 2.45) is 4.99 Å². The van der Waals surface area contributed by atoms with Crippen LogP contribution in [-0.2, 0) is 17.8 Å². The molecule has 8 heteroatoms. The Hall–Kier alpha value is -2.61. The average molecular weight is 347 g/mol. The Kier molecular flexibility index (Phi) is 7.21. The predicted molar refractivity (Wildman–Crippen MR) is 94.6 cm³/mol. The van der Waals surface area contributed by atoms with Crippen LogP contribution in [0.15, 0.2) is 27.7 Å². The molecule has 0 unspecified atom stereocenters. The molecule has 136 valence electrons. The molecule has 2 heterocycles. The number of nitrogens with one attached hydrogen (secondary N) is 2. The molecule has 2 aromatic heterocycles. The monoisotopic (exact) mass is 347 g/mol.